The van der Waals surface area contributed by atoms with Gasteiger partial charge < -0.3 is 0 Å². The molecule has 108 valence electrons. The first kappa shape index (κ1) is 12.4. The molecule has 0 radical (unpaired) electrons. The molecule has 0 aliphatic carbocycles. The van der Waals surface area contributed by atoms with Crippen LogP contribution in [0.4, 0.5) is 0 Å². The third-order valence-corrected chi connectivity index (χ3v) is 4.36. The second kappa shape index (κ2) is 4.65. The summed E-state index contributed by atoms with van der Waals surface area (Å²) in [5.41, 5.74) is 3.29. The van der Waals surface area contributed by atoms with E-state index >= 15 is 0 Å². The predicted octanol–water partition coefficient (Wildman–Crippen LogP) is 4.70. The zero-order valence-electron chi connectivity index (χ0n) is 12.3. The van der Waals surface area contributed by atoms with E-state index in [-0.39, 0.29) is 0 Å². The Morgan fingerprint density at radius 1 is 0.739 bits per heavy atom. The lowest BCUT2D eigenvalue weighted by Crippen LogP contribution is -1.90. The van der Waals surface area contributed by atoms with Gasteiger partial charge >= 0.3 is 0 Å². The van der Waals surface area contributed by atoms with Crippen LogP contribution in [0.1, 0.15) is 0 Å². The molecule has 0 spiro atoms. The fourth-order valence-corrected chi connectivity index (χ4v) is 3.24. The Morgan fingerprint density at radius 3 is 2.43 bits per heavy atom. The van der Waals surface area contributed by atoms with Gasteiger partial charge in [-0.2, -0.15) is 0 Å². The highest BCUT2D eigenvalue weighted by Crippen LogP contribution is 2.32. The first-order valence-corrected chi connectivity index (χ1v) is 7.60. The van der Waals surface area contributed by atoms with Gasteiger partial charge in [0.25, 0.3) is 0 Å². The molecule has 23 heavy (non-hydrogen) atoms. The molecule has 0 amide bonds. The Kier molecular flexibility index (Phi) is 2.50. The quantitative estimate of drug-likeness (QED) is 0.448. The van der Waals surface area contributed by atoms with Crippen molar-refractivity contribution >= 4 is 27.2 Å². The lowest BCUT2D eigenvalue weighted by atomic mass is 9.98. The van der Waals surface area contributed by atoms with Crippen LogP contribution in [0.3, 0.4) is 0 Å². The summed E-state index contributed by atoms with van der Waals surface area (Å²) in [5.74, 6) is 0. The lowest BCUT2D eigenvalue weighted by molar-refractivity contribution is 1.10. The van der Waals surface area contributed by atoms with Crippen molar-refractivity contribution in [2.24, 2.45) is 0 Å². The van der Waals surface area contributed by atoms with Crippen molar-refractivity contribution in [3.63, 3.8) is 0 Å². The van der Waals surface area contributed by atoms with E-state index in [1.807, 2.05) is 10.5 Å². The summed E-state index contributed by atoms with van der Waals surface area (Å²) >= 11 is 0. The number of nitrogens with zero attached hydrogens (tertiary/aromatic N) is 3. The zero-order chi connectivity index (χ0) is 15.2. The van der Waals surface area contributed by atoms with Gasteiger partial charge in [-0.1, -0.05) is 60.7 Å². The minimum absolute atomic E-state index is 0.894. The summed E-state index contributed by atoms with van der Waals surface area (Å²) in [4.78, 5) is 0. The summed E-state index contributed by atoms with van der Waals surface area (Å²) in [6, 6.07) is 23.4. The fraction of sp³-hybridized carbons (Fsp3) is 0. The van der Waals surface area contributed by atoms with Crippen LogP contribution in [0.2, 0.25) is 0 Å². The van der Waals surface area contributed by atoms with E-state index in [1.54, 1.807) is 6.33 Å². The maximum atomic E-state index is 4.24. The van der Waals surface area contributed by atoms with Crippen LogP contribution in [0.25, 0.3) is 38.3 Å². The van der Waals surface area contributed by atoms with Crippen molar-refractivity contribution in [1.29, 1.82) is 0 Å². The first-order valence-electron chi connectivity index (χ1n) is 7.60. The largest absolute Gasteiger partial charge is 0.288 e. The van der Waals surface area contributed by atoms with E-state index in [9.17, 15) is 0 Å². The predicted molar refractivity (Wildman–Crippen MR) is 93.4 cm³/mol. The summed E-state index contributed by atoms with van der Waals surface area (Å²) in [6.45, 7) is 0. The Balaban J connectivity index is 1.89. The van der Waals surface area contributed by atoms with E-state index < -0.39 is 0 Å². The van der Waals surface area contributed by atoms with E-state index in [4.69, 9.17) is 0 Å². The van der Waals surface area contributed by atoms with Crippen LogP contribution in [0, 0.1) is 0 Å². The molecule has 0 unspecified atom stereocenters. The van der Waals surface area contributed by atoms with Crippen molar-refractivity contribution < 1.29 is 0 Å². The molecular formula is C20H13N3. The average molecular weight is 295 g/mol. The maximum absolute atomic E-state index is 4.24. The van der Waals surface area contributed by atoms with Gasteiger partial charge in [-0.25, -0.2) is 0 Å². The monoisotopic (exact) mass is 295 g/mol. The van der Waals surface area contributed by atoms with E-state index in [1.165, 1.54) is 27.3 Å². The van der Waals surface area contributed by atoms with Crippen LogP contribution in [0.5, 0.6) is 0 Å². The smallest absolute Gasteiger partial charge is 0.168 e. The lowest BCUT2D eigenvalue weighted by Gasteiger charge is -2.09. The molecule has 0 bridgehead atoms. The fourth-order valence-electron chi connectivity index (χ4n) is 3.24. The van der Waals surface area contributed by atoms with Gasteiger partial charge in [0, 0.05) is 17.1 Å². The molecule has 2 heterocycles. The standard InChI is InChI=1S/C20H13N3/c1-2-6-15-11-16(10-9-14(15)5-1)19-12-23-13-21-22-20(23)18-8-4-3-7-17(18)19/h1-13H. The number of hydrogen-bond acceptors (Lipinski definition) is 2. The summed E-state index contributed by atoms with van der Waals surface area (Å²) in [5, 5.41) is 13.1. The van der Waals surface area contributed by atoms with Gasteiger partial charge in [-0.05, 0) is 27.8 Å². The number of aromatic nitrogens is 3. The molecule has 5 aromatic rings. The number of rotatable bonds is 1. The molecule has 0 aliphatic heterocycles. The Morgan fingerprint density at radius 2 is 1.52 bits per heavy atom. The number of benzene rings is 3. The minimum atomic E-state index is 0.894. The normalized spacial score (nSPS) is 11.5. The van der Waals surface area contributed by atoms with Crippen molar-refractivity contribution in [2.45, 2.75) is 0 Å². The molecule has 0 aliphatic rings. The van der Waals surface area contributed by atoms with Gasteiger partial charge in [-0.15, -0.1) is 10.2 Å². The first-order chi connectivity index (χ1) is 11.4. The molecule has 0 saturated carbocycles. The molecule has 3 aromatic carbocycles. The highest BCUT2D eigenvalue weighted by Gasteiger charge is 2.10. The molecule has 3 nitrogen and oxygen atoms in total. The van der Waals surface area contributed by atoms with Crippen LogP contribution in [-0.2, 0) is 0 Å². The molecule has 0 fully saturated rings. The van der Waals surface area contributed by atoms with Crippen molar-refractivity contribution in [1.82, 2.24) is 14.6 Å². The van der Waals surface area contributed by atoms with Gasteiger partial charge in [0.05, 0.1) is 0 Å². The highest BCUT2D eigenvalue weighted by atomic mass is 15.2. The Labute approximate surface area is 132 Å². The second-order valence-corrected chi connectivity index (χ2v) is 5.71. The summed E-state index contributed by atoms with van der Waals surface area (Å²) < 4.78 is 1.99. The highest BCUT2D eigenvalue weighted by molar-refractivity contribution is 6.04. The number of hydrogen-bond donors (Lipinski definition) is 0. The molecule has 3 heteroatoms. The van der Waals surface area contributed by atoms with Gasteiger partial charge in [0.15, 0.2) is 5.65 Å². The third kappa shape index (κ3) is 1.83. The third-order valence-electron chi connectivity index (χ3n) is 4.36. The van der Waals surface area contributed by atoms with Gasteiger partial charge in [0.2, 0.25) is 0 Å². The second-order valence-electron chi connectivity index (χ2n) is 5.71. The molecule has 0 N–H and O–H groups in total. The Hall–Kier alpha value is -3.20. The number of fused-ring (bicyclic) bond motifs is 4. The number of pyridine rings is 1. The molecule has 2 aromatic heterocycles. The van der Waals surface area contributed by atoms with Crippen LogP contribution in [0.15, 0.2) is 79.3 Å². The Bertz CT molecular complexity index is 1170. The van der Waals surface area contributed by atoms with E-state index in [2.05, 4.69) is 77.1 Å². The topological polar surface area (TPSA) is 30.2 Å². The van der Waals surface area contributed by atoms with Gasteiger partial charge in [0.1, 0.15) is 6.33 Å². The molecule has 5 rings (SSSR count). The van der Waals surface area contributed by atoms with Crippen LogP contribution in [-0.4, -0.2) is 14.6 Å². The maximum Gasteiger partial charge on any atom is 0.168 e. The summed E-state index contributed by atoms with van der Waals surface area (Å²) in [6.07, 6.45) is 3.87. The van der Waals surface area contributed by atoms with E-state index in [0.29, 0.717) is 0 Å². The molecule has 0 atom stereocenters. The minimum Gasteiger partial charge on any atom is -0.288 e. The van der Waals surface area contributed by atoms with Crippen LogP contribution >= 0.6 is 0 Å². The summed E-state index contributed by atoms with van der Waals surface area (Å²) in [7, 11) is 0. The van der Waals surface area contributed by atoms with E-state index in [0.717, 1.165) is 11.0 Å². The van der Waals surface area contributed by atoms with Gasteiger partial charge in [-0.3, -0.25) is 4.40 Å². The van der Waals surface area contributed by atoms with Crippen LogP contribution < -0.4 is 0 Å². The van der Waals surface area contributed by atoms with Crippen molar-refractivity contribution in [2.75, 3.05) is 0 Å². The SMILES string of the molecule is c1ccc2cc(-c3cn4cnnc4c4ccccc34)ccc2c1. The molecule has 0 saturated heterocycles. The molecular weight excluding hydrogens is 282 g/mol. The average Bonchev–Trinajstić information content (AvgIpc) is 3.09. The van der Waals surface area contributed by atoms with Crippen molar-refractivity contribution in [3.8, 4) is 11.1 Å². The van der Waals surface area contributed by atoms with Crippen molar-refractivity contribution in [3.05, 3.63) is 79.3 Å². The zero-order valence-corrected chi connectivity index (χ0v) is 12.3.